The van der Waals surface area contributed by atoms with Gasteiger partial charge in [0.05, 0.1) is 5.56 Å². The third-order valence-electron chi connectivity index (χ3n) is 4.25. The zero-order chi connectivity index (χ0) is 16.6. The van der Waals surface area contributed by atoms with E-state index in [0.29, 0.717) is 12.5 Å². The molecule has 0 saturated carbocycles. The number of rotatable bonds is 1. The van der Waals surface area contributed by atoms with Gasteiger partial charge in [-0.1, -0.05) is 25.1 Å². The highest BCUT2D eigenvalue weighted by Gasteiger charge is 2.31. The van der Waals surface area contributed by atoms with Crippen molar-refractivity contribution in [3.05, 3.63) is 65.2 Å². The average molecular weight is 319 g/mol. The maximum Gasteiger partial charge on any atom is 0.416 e. The lowest BCUT2D eigenvalue weighted by Crippen LogP contribution is -2.36. The van der Waals surface area contributed by atoms with E-state index in [4.69, 9.17) is 0 Å². The number of amides is 1. The fraction of sp³-hybridized carbons (Fsp3) is 0.278. The molecule has 23 heavy (non-hydrogen) atoms. The smallest absolute Gasteiger partial charge is 0.308 e. The average Bonchev–Trinajstić information content (AvgIpc) is 2.54. The number of hydrogen-bond acceptors (Lipinski definition) is 1. The highest BCUT2D eigenvalue weighted by molar-refractivity contribution is 6.06. The molecule has 0 bridgehead atoms. The summed E-state index contributed by atoms with van der Waals surface area (Å²) in [4.78, 5) is 14.3. The molecule has 1 aliphatic rings. The van der Waals surface area contributed by atoms with Gasteiger partial charge in [0.2, 0.25) is 0 Å². The Morgan fingerprint density at radius 3 is 2.39 bits per heavy atom. The highest BCUT2D eigenvalue weighted by atomic mass is 19.4. The number of carbonyl (C=O) groups is 1. The molecule has 0 aliphatic carbocycles. The van der Waals surface area contributed by atoms with Crippen LogP contribution >= 0.6 is 0 Å². The molecule has 0 radical (unpaired) electrons. The molecular formula is C18H16F3NO. The van der Waals surface area contributed by atoms with Gasteiger partial charge in [-0.15, -0.1) is 0 Å². The molecule has 3 rings (SSSR count). The van der Waals surface area contributed by atoms with E-state index in [-0.39, 0.29) is 11.5 Å². The van der Waals surface area contributed by atoms with Crippen LogP contribution in [0.1, 0.15) is 40.7 Å². The summed E-state index contributed by atoms with van der Waals surface area (Å²) in [6.45, 7) is 2.68. The molecular weight excluding hydrogens is 303 g/mol. The summed E-state index contributed by atoms with van der Waals surface area (Å²) < 4.78 is 37.9. The SMILES string of the molecule is CC1CCN(C(=O)c2ccc(C(F)(F)F)cc2)c2ccccc21. The fourth-order valence-electron chi connectivity index (χ4n) is 2.92. The van der Waals surface area contributed by atoms with Crippen molar-refractivity contribution in [2.45, 2.75) is 25.4 Å². The number of para-hydroxylation sites is 1. The van der Waals surface area contributed by atoms with Crippen LogP contribution < -0.4 is 4.90 Å². The van der Waals surface area contributed by atoms with E-state index < -0.39 is 11.7 Å². The van der Waals surface area contributed by atoms with Crippen molar-refractivity contribution in [3.8, 4) is 0 Å². The van der Waals surface area contributed by atoms with Gasteiger partial charge in [0.1, 0.15) is 0 Å². The van der Waals surface area contributed by atoms with Crippen LogP contribution in [0.2, 0.25) is 0 Å². The van der Waals surface area contributed by atoms with Gasteiger partial charge in [-0.3, -0.25) is 4.79 Å². The third kappa shape index (κ3) is 2.96. The van der Waals surface area contributed by atoms with E-state index in [1.165, 1.54) is 12.1 Å². The fourth-order valence-corrected chi connectivity index (χ4v) is 2.92. The predicted molar refractivity (Wildman–Crippen MR) is 82.6 cm³/mol. The molecule has 0 aromatic heterocycles. The minimum Gasteiger partial charge on any atom is -0.308 e. The molecule has 5 heteroatoms. The molecule has 2 nitrogen and oxygen atoms in total. The molecule has 0 spiro atoms. The molecule has 1 amide bonds. The van der Waals surface area contributed by atoms with Crippen molar-refractivity contribution in [1.82, 2.24) is 0 Å². The Kier molecular flexibility index (Phi) is 3.88. The standard InChI is InChI=1S/C18H16F3NO/c1-12-10-11-22(16-5-3-2-4-15(12)16)17(23)13-6-8-14(9-7-13)18(19,20)21/h2-9,12H,10-11H2,1H3. The normalized spacial score (nSPS) is 17.7. The van der Waals surface area contributed by atoms with Crippen LogP contribution in [0, 0.1) is 0 Å². The van der Waals surface area contributed by atoms with Crippen molar-refractivity contribution in [2.75, 3.05) is 11.4 Å². The van der Waals surface area contributed by atoms with Gasteiger partial charge >= 0.3 is 6.18 Å². The topological polar surface area (TPSA) is 20.3 Å². The zero-order valence-corrected chi connectivity index (χ0v) is 12.6. The Hall–Kier alpha value is -2.30. The second kappa shape index (κ2) is 5.72. The summed E-state index contributed by atoms with van der Waals surface area (Å²) in [6.07, 6.45) is -3.56. The van der Waals surface area contributed by atoms with E-state index in [9.17, 15) is 18.0 Å². The van der Waals surface area contributed by atoms with Gasteiger partial charge in [0.25, 0.3) is 5.91 Å². The first kappa shape index (κ1) is 15.6. The van der Waals surface area contributed by atoms with Crippen molar-refractivity contribution in [2.24, 2.45) is 0 Å². The molecule has 2 aromatic rings. The molecule has 2 aromatic carbocycles. The molecule has 0 N–H and O–H groups in total. The molecule has 1 atom stereocenters. The number of hydrogen-bond donors (Lipinski definition) is 0. The zero-order valence-electron chi connectivity index (χ0n) is 12.6. The van der Waals surface area contributed by atoms with E-state index in [2.05, 4.69) is 6.92 Å². The lowest BCUT2D eigenvalue weighted by molar-refractivity contribution is -0.137. The number of nitrogens with zero attached hydrogens (tertiary/aromatic N) is 1. The highest BCUT2D eigenvalue weighted by Crippen LogP contribution is 2.36. The van der Waals surface area contributed by atoms with E-state index >= 15 is 0 Å². The molecule has 1 heterocycles. The minimum absolute atomic E-state index is 0.266. The summed E-state index contributed by atoms with van der Waals surface area (Å²) in [5, 5.41) is 0. The molecule has 120 valence electrons. The van der Waals surface area contributed by atoms with Crippen LogP contribution in [0.4, 0.5) is 18.9 Å². The second-order valence-electron chi connectivity index (χ2n) is 5.78. The number of benzene rings is 2. The van der Waals surface area contributed by atoms with Gasteiger partial charge < -0.3 is 4.90 Å². The van der Waals surface area contributed by atoms with Crippen molar-refractivity contribution in [3.63, 3.8) is 0 Å². The maximum absolute atomic E-state index is 12.7. The van der Waals surface area contributed by atoms with Gasteiger partial charge in [-0.2, -0.15) is 13.2 Å². The van der Waals surface area contributed by atoms with Crippen LogP contribution in [0.3, 0.4) is 0 Å². The largest absolute Gasteiger partial charge is 0.416 e. The number of fused-ring (bicyclic) bond motifs is 1. The number of alkyl halides is 3. The molecule has 1 unspecified atom stereocenters. The number of carbonyl (C=O) groups excluding carboxylic acids is 1. The monoisotopic (exact) mass is 319 g/mol. The van der Waals surface area contributed by atoms with Crippen LogP contribution in [-0.4, -0.2) is 12.5 Å². The quantitative estimate of drug-likeness (QED) is 0.735. The molecule has 1 aliphatic heterocycles. The maximum atomic E-state index is 12.7. The Balaban J connectivity index is 1.91. The van der Waals surface area contributed by atoms with Crippen LogP contribution in [0.25, 0.3) is 0 Å². The Labute approximate surface area is 132 Å². The van der Waals surface area contributed by atoms with Crippen LogP contribution in [-0.2, 0) is 6.18 Å². The lowest BCUT2D eigenvalue weighted by atomic mass is 9.91. The first-order valence-corrected chi connectivity index (χ1v) is 7.46. The second-order valence-corrected chi connectivity index (χ2v) is 5.78. The van der Waals surface area contributed by atoms with Gasteiger partial charge in [0, 0.05) is 17.8 Å². The Bertz CT molecular complexity index is 722. The Morgan fingerprint density at radius 2 is 1.74 bits per heavy atom. The summed E-state index contributed by atoms with van der Waals surface area (Å²) in [5.41, 5.74) is 1.46. The van der Waals surface area contributed by atoms with Gasteiger partial charge in [-0.25, -0.2) is 0 Å². The molecule has 0 fully saturated rings. The van der Waals surface area contributed by atoms with E-state index in [1.54, 1.807) is 4.90 Å². The van der Waals surface area contributed by atoms with Crippen molar-refractivity contribution in [1.29, 1.82) is 0 Å². The van der Waals surface area contributed by atoms with Crippen molar-refractivity contribution < 1.29 is 18.0 Å². The number of halogens is 3. The van der Waals surface area contributed by atoms with Gasteiger partial charge in [-0.05, 0) is 48.2 Å². The third-order valence-corrected chi connectivity index (χ3v) is 4.25. The summed E-state index contributed by atoms with van der Waals surface area (Å²) in [7, 11) is 0. The van der Waals surface area contributed by atoms with E-state index in [1.807, 2.05) is 24.3 Å². The summed E-state index contributed by atoms with van der Waals surface area (Å²) >= 11 is 0. The molecule has 0 saturated heterocycles. The predicted octanol–water partition coefficient (Wildman–Crippen LogP) is 4.86. The van der Waals surface area contributed by atoms with Crippen LogP contribution in [0.15, 0.2) is 48.5 Å². The van der Waals surface area contributed by atoms with Crippen LogP contribution in [0.5, 0.6) is 0 Å². The van der Waals surface area contributed by atoms with Crippen molar-refractivity contribution >= 4 is 11.6 Å². The Morgan fingerprint density at radius 1 is 1.09 bits per heavy atom. The minimum atomic E-state index is -4.39. The first-order chi connectivity index (χ1) is 10.9. The van der Waals surface area contributed by atoms with Gasteiger partial charge in [0.15, 0.2) is 0 Å². The first-order valence-electron chi connectivity index (χ1n) is 7.46. The summed E-state index contributed by atoms with van der Waals surface area (Å²) in [6, 6.07) is 12.1. The van der Waals surface area contributed by atoms with E-state index in [0.717, 1.165) is 29.8 Å². The lowest BCUT2D eigenvalue weighted by Gasteiger charge is -2.33. The number of anilines is 1. The summed E-state index contributed by atoms with van der Waals surface area (Å²) in [5.74, 6) is 0.0981.